The molecule has 0 bridgehead atoms. The van der Waals surface area contributed by atoms with Crippen LogP contribution in [0.1, 0.15) is 5.56 Å². The molecule has 7 aromatic rings. The first-order valence-electron chi connectivity index (χ1n) is 11.7. The summed E-state index contributed by atoms with van der Waals surface area (Å²) in [6, 6.07) is 39.4. The van der Waals surface area contributed by atoms with E-state index in [4.69, 9.17) is 6.57 Å². The zero-order valence-electron chi connectivity index (χ0n) is 19.2. The van der Waals surface area contributed by atoms with E-state index in [1.54, 1.807) is 6.07 Å². The van der Waals surface area contributed by atoms with E-state index >= 15 is 0 Å². The van der Waals surface area contributed by atoms with Crippen molar-refractivity contribution >= 4 is 49.3 Å². The van der Waals surface area contributed by atoms with Gasteiger partial charge in [-0.2, -0.15) is 5.26 Å². The molecule has 166 valence electrons. The number of para-hydroxylation sites is 3. The fourth-order valence-corrected chi connectivity index (χ4v) is 5.50. The molecule has 0 atom stereocenters. The molecular weight excluding hydrogens is 440 g/mol. The monoisotopic (exact) mass is 458 g/mol. The van der Waals surface area contributed by atoms with Crippen LogP contribution in [0.4, 0.5) is 5.69 Å². The van der Waals surface area contributed by atoms with Crippen molar-refractivity contribution in [2.45, 2.75) is 0 Å². The highest BCUT2D eigenvalue weighted by Gasteiger charge is 2.20. The Kier molecular flexibility index (Phi) is 4.24. The van der Waals surface area contributed by atoms with E-state index in [9.17, 15) is 5.26 Å². The van der Waals surface area contributed by atoms with Gasteiger partial charge in [-0.3, -0.25) is 0 Å². The lowest BCUT2D eigenvalue weighted by molar-refractivity contribution is 1.17. The van der Waals surface area contributed by atoms with Gasteiger partial charge in [-0.1, -0.05) is 60.7 Å². The molecule has 0 unspecified atom stereocenters. The Morgan fingerprint density at radius 3 is 1.72 bits per heavy atom. The molecule has 2 aromatic heterocycles. The maximum Gasteiger partial charge on any atom is 0.204 e. The summed E-state index contributed by atoms with van der Waals surface area (Å²) in [5.41, 5.74) is 7.20. The summed E-state index contributed by atoms with van der Waals surface area (Å²) in [5.74, 6) is 0. The lowest BCUT2D eigenvalue weighted by atomic mass is 10.1. The molecule has 0 aliphatic rings. The number of nitriles is 1. The predicted molar refractivity (Wildman–Crippen MR) is 146 cm³/mol. The van der Waals surface area contributed by atoms with Crippen molar-refractivity contribution in [2.75, 3.05) is 0 Å². The van der Waals surface area contributed by atoms with Gasteiger partial charge >= 0.3 is 0 Å². The van der Waals surface area contributed by atoms with Gasteiger partial charge in [0.05, 0.1) is 40.3 Å². The number of fused-ring (bicyclic) bond motifs is 7. The lowest BCUT2D eigenvalue weighted by Gasteiger charge is -2.10. The van der Waals surface area contributed by atoms with E-state index in [2.05, 4.69) is 98.9 Å². The van der Waals surface area contributed by atoms with Crippen molar-refractivity contribution in [3.05, 3.63) is 126 Å². The van der Waals surface area contributed by atoms with Gasteiger partial charge in [0, 0.05) is 32.9 Å². The third kappa shape index (κ3) is 2.67. The normalized spacial score (nSPS) is 11.3. The van der Waals surface area contributed by atoms with Crippen LogP contribution in [0.2, 0.25) is 0 Å². The average molecular weight is 459 g/mol. The fraction of sp³-hybridized carbons (Fsp3) is 0. The molecule has 4 nitrogen and oxygen atoms in total. The smallest absolute Gasteiger partial charge is 0.204 e. The molecule has 0 spiro atoms. The number of hydrogen-bond acceptors (Lipinski definition) is 1. The van der Waals surface area contributed by atoms with Gasteiger partial charge in [-0.05, 0) is 48.5 Å². The van der Waals surface area contributed by atoms with Gasteiger partial charge in [0.15, 0.2) is 0 Å². The highest BCUT2D eigenvalue weighted by molar-refractivity contribution is 6.28. The van der Waals surface area contributed by atoms with Crippen LogP contribution >= 0.6 is 0 Å². The second-order valence-corrected chi connectivity index (χ2v) is 8.82. The lowest BCUT2D eigenvalue weighted by Crippen LogP contribution is -1.95. The minimum Gasteiger partial charge on any atom is -0.309 e. The number of benzene rings is 5. The molecule has 5 aromatic carbocycles. The average Bonchev–Trinajstić information content (AvgIpc) is 3.46. The van der Waals surface area contributed by atoms with Crippen LogP contribution in [0.15, 0.2) is 109 Å². The molecule has 0 aliphatic carbocycles. The van der Waals surface area contributed by atoms with Crippen molar-refractivity contribution in [1.82, 2.24) is 9.13 Å². The molecule has 0 aliphatic heterocycles. The summed E-state index contributed by atoms with van der Waals surface area (Å²) in [7, 11) is 0. The zero-order valence-corrected chi connectivity index (χ0v) is 19.2. The van der Waals surface area contributed by atoms with Crippen LogP contribution in [0, 0.1) is 17.9 Å². The Hall–Kier alpha value is -5.32. The van der Waals surface area contributed by atoms with Crippen molar-refractivity contribution in [1.29, 1.82) is 5.26 Å². The van der Waals surface area contributed by atoms with Crippen LogP contribution < -0.4 is 0 Å². The zero-order chi connectivity index (χ0) is 24.2. The van der Waals surface area contributed by atoms with Gasteiger partial charge in [-0.25, -0.2) is 4.85 Å². The molecule has 36 heavy (non-hydrogen) atoms. The quantitative estimate of drug-likeness (QED) is 0.240. The number of aromatic nitrogens is 2. The minimum atomic E-state index is 0.371. The van der Waals surface area contributed by atoms with Crippen LogP contribution in [0.5, 0.6) is 0 Å². The van der Waals surface area contributed by atoms with Gasteiger partial charge in [-0.15, -0.1) is 0 Å². The summed E-state index contributed by atoms with van der Waals surface area (Å²) >= 11 is 0. The summed E-state index contributed by atoms with van der Waals surface area (Å²) < 4.78 is 4.53. The Morgan fingerprint density at radius 1 is 0.583 bits per heavy atom. The molecule has 0 saturated carbocycles. The molecule has 7 rings (SSSR count). The van der Waals surface area contributed by atoms with Crippen LogP contribution in [0.3, 0.4) is 0 Å². The van der Waals surface area contributed by atoms with Gasteiger partial charge < -0.3 is 9.13 Å². The summed E-state index contributed by atoms with van der Waals surface area (Å²) in [6.07, 6.45) is 0. The van der Waals surface area contributed by atoms with E-state index in [1.807, 2.05) is 24.3 Å². The van der Waals surface area contributed by atoms with E-state index in [-0.39, 0.29) is 0 Å². The maximum atomic E-state index is 9.66. The van der Waals surface area contributed by atoms with E-state index < -0.39 is 0 Å². The third-order valence-electron chi connectivity index (χ3n) is 6.97. The standard InChI is InChI=1S/C32H18N4/c1-34-26-16-15-23(19-21(26)20-33)36-28-14-8-6-12-25(28)32-30(36)18-17-29-31(32)24-11-5-7-13-27(24)35(29)22-9-3-2-4-10-22/h2-19H. The highest BCUT2D eigenvalue weighted by Crippen LogP contribution is 2.42. The largest absolute Gasteiger partial charge is 0.309 e. The van der Waals surface area contributed by atoms with Crippen molar-refractivity contribution < 1.29 is 0 Å². The third-order valence-corrected chi connectivity index (χ3v) is 6.97. The molecule has 2 heterocycles. The molecule has 0 saturated heterocycles. The molecule has 0 fully saturated rings. The SMILES string of the molecule is [C-]#[N+]c1ccc(-n2c3ccccc3c3c4c5ccccc5n(-c5ccccc5)c4ccc32)cc1C#N. The summed E-state index contributed by atoms with van der Waals surface area (Å²) in [4.78, 5) is 3.51. The second-order valence-electron chi connectivity index (χ2n) is 8.82. The second kappa shape index (κ2) is 7.60. The number of rotatable bonds is 2. The maximum absolute atomic E-state index is 9.66. The van der Waals surface area contributed by atoms with Gasteiger partial charge in [0.2, 0.25) is 5.69 Å². The molecule has 0 amide bonds. The van der Waals surface area contributed by atoms with Crippen LogP contribution in [0.25, 0.3) is 59.8 Å². The Bertz CT molecular complexity index is 2060. The molecule has 0 radical (unpaired) electrons. The number of nitrogens with zero attached hydrogens (tertiary/aromatic N) is 4. The van der Waals surface area contributed by atoms with Gasteiger partial charge in [0.1, 0.15) is 0 Å². The topological polar surface area (TPSA) is 38.0 Å². The van der Waals surface area contributed by atoms with Crippen molar-refractivity contribution in [3.63, 3.8) is 0 Å². The fourth-order valence-electron chi connectivity index (χ4n) is 5.50. The minimum absolute atomic E-state index is 0.371. The molecule has 0 N–H and O–H groups in total. The predicted octanol–water partition coefficient (Wildman–Crippen LogP) is 8.30. The first-order chi connectivity index (χ1) is 17.8. The Morgan fingerprint density at radius 2 is 1.14 bits per heavy atom. The molecular formula is C32H18N4. The number of hydrogen-bond donors (Lipinski definition) is 0. The van der Waals surface area contributed by atoms with Crippen LogP contribution in [-0.2, 0) is 0 Å². The highest BCUT2D eigenvalue weighted by atomic mass is 15.0. The van der Waals surface area contributed by atoms with Crippen molar-refractivity contribution in [2.24, 2.45) is 0 Å². The Labute approximate surface area is 207 Å². The summed E-state index contributed by atoms with van der Waals surface area (Å²) in [6.45, 7) is 7.40. The molecule has 4 heteroatoms. The first kappa shape index (κ1) is 20.1. The first-order valence-corrected chi connectivity index (χ1v) is 11.7. The van der Waals surface area contributed by atoms with Crippen molar-refractivity contribution in [3.8, 4) is 17.4 Å². The van der Waals surface area contributed by atoms with E-state index in [0.717, 1.165) is 38.8 Å². The Balaban J connectivity index is 1.68. The summed E-state index contributed by atoms with van der Waals surface area (Å²) in [5, 5.41) is 14.4. The van der Waals surface area contributed by atoms with E-state index in [1.165, 1.54) is 16.2 Å². The van der Waals surface area contributed by atoms with E-state index in [0.29, 0.717) is 11.3 Å². The van der Waals surface area contributed by atoms with Gasteiger partial charge in [0.25, 0.3) is 0 Å². The van der Waals surface area contributed by atoms with Crippen LogP contribution in [-0.4, -0.2) is 9.13 Å².